The van der Waals surface area contributed by atoms with Gasteiger partial charge in [-0.1, -0.05) is 26.7 Å². The Morgan fingerprint density at radius 3 is 1.64 bits per heavy atom. The van der Waals surface area contributed by atoms with Crippen LogP contribution in [-0.2, 0) is 0 Å². The zero-order chi connectivity index (χ0) is 8.69. The Morgan fingerprint density at radius 2 is 1.27 bits per heavy atom. The molecule has 1 aliphatic rings. The van der Waals surface area contributed by atoms with E-state index in [0.29, 0.717) is 0 Å². The molecule has 11 heavy (non-hydrogen) atoms. The molecule has 1 saturated heterocycles. The molecule has 0 aromatic rings. The van der Waals surface area contributed by atoms with Gasteiger partial charge in [0.2, 0.25) is 0 Å². The third kappa shape index (κ3) is 5.25. The topological polar surface area (TPSA) is 12.0 Å². The Hall–Kier alpha value is -0.0400. The zero-order valence-corrected chi connectivity index (χ0v) is 8.48. The average Bonchev–Trinajstić information content (AvgIpc) is 2.18. The number of nitrogens with one attached hydrogen (secondary N) is 1. The number of rotatable bonds is 0. The third-order valence-corrected chi connectivity index (χ3v) is 2.09. The Labute approximate surface area is 71.6 Å². The predicted molar refractivity (Wildman–Crippen MR) is 51.9 cm³/mol. The van der Waals surface area contributed by atoms with E-state index in [0.717, 1.165) is 12.1 Å². The summed E-state index contributed by atoms with van der Waals surface area (Å²) in [4.78, 5) is 0. The van der Waals surface area contributed by atoms with Gasteiger partial charge in [0.05, 0.1) is 0 Å². The van der Waals surface area contributed by atoms with Crippen molar-refractivity contribution < 1.29 is 0 Å². The van der Waals surface area contributed by atoms with Gasteiger partial charge in [-0.15, -0.1) is 0 Å². The van der Waals surface area contributed by atoms with Gasteiger partial charge in [-0.3, -0.25) is 0 Å². The molecule has 1 nitrogen and oxygen atoms in total. The quantitative estimate of drug-likeness (QED) is 0.570. The fourth-order valence-corrected chi connectivity index (χ4v) is 1.55. The van der Waals surface area contributed by atoms with E-state index in [1.807, 2.05) is 13.8 Å². The standard InChI is InChI=1S/C8H17N.C2H6/c1-7-5-3-4-6-8(2)9-7;1-2/h7-9H,3-6H2,1-2H3;1-2H3. The molecule has 68 valence electrons. The lowest BCUT2D eigenvalue weighted by atomic mass is 10.1. The molecule has 0 aromatic carbocycles. The maximum atomic E-state index is 3.54. The van der Waals surface area contributed by atoms with Gasteiger partial charge in [-0.05, 0) is 26.7 Å². The van der Waals surface area contributed by atoms with Crippen molar-refractivity contribution in [3.05, 3.63) is 0 Å². The van der Waals surface area contributed by atoms with E-state index in [2.05, 4.69) is 19.2 Å². The van der Waals surface area contributed by atoms with Crippen LogP contribution in [0.1, 0.15) is 53.4 Å². The third-order valence-electron chi connectivity index (χ3n) is 2.09. The van der Waals surface area contributed by atoms with E-state index < -0.39 is 0 Å². The van der Waals surface area contributed by atoms with Crippen molar-refractivity contribution in [3.8, 4) is 0 Å². The average molecular weight is 157 g/mol. The van der Waals surface area contributed by atoms with Gasteiger partial charge in [0.15, 0.2) is 0 Å². The van der Waals surface area contributed by atoms with Gasteiger partial charge in [0.25, 0.3) is 0 Å². The molecule has 0 bridgehead atoms. The van der Waals surface area contributed by atoms with Crippen molar-refractivity contribution in [1.82, 2.24) is 5.32 Å². The van der Waals surface area contributed by atoms with E-state index in [4.69, 9.17) is 0 Å². The summed E-state index contributed by atoms with van der Waals surface area (Å²) in [5, 5.41) is 3.54. The van der Waals surface area contributed by atoms with Gasteiger partial charge >= 0.3 is 0 Å². The van der Waals surface area contributed by atoms with Crippen LogP contribution in [0.5, 0.6) is 0 Å². The summed E-state index contributed by atoms with van der Waals surface area (Å²) in [6.07, 6.45) is 5.56. The molecule has 0 aliphatic carbocycles. The molecular weight excluding hydrogens is 134 g/mol. The van der Waals surface area contributed by atoms with Crippen LogP contribution in [0.4, 0.5) is 0 Å². The lowest BCUT2D eigenvalue weighted by Crippen LogP contribution is -2.32. The van der Waals surface area contributed by atoms with Gasteiger partial charge in [-0.25, -0.2) is 0 Å². The van der Waals surface area contributed by atoms with E-state index in [1.165, 1.54) is 25.7 Å². The van der Waals surface area contributed by atoms with Gasteiger partial charge in [0.1, 0.15) is 0 Å². The first-order chi connectivity index (χ1) is 5.29. The van der Waals surface area contributed by atoms with E-state index in [1.54, 1.807) is 0 Å². The summed E-state index contributed by atoms with van der Waals surface area (Å²) in [5.74, 6) is 0. The van der Waals surface area contributed by atoms with Crippen LogP contribution in [0.3, 0.4) is 0 Å². The monoisotopic (exact) mass is 157 g/mol. The van der Waals surface area contributed by atoms with Crippen molar-refractivity contribution in [2.24, 2.45) is 0 Å². The Bertz CT molecular complexity index is 70.9. The largest absolute Gasteiger partial charge is 0.312 e. The fraction of sp³-hybridized carbons (Fsp3) is 1.00. The summed E-state index contributed by atoms with van der Waals surface area (Å²) >= 11 is 0. The first-order valence-corrected chi connectivity index (χ1v) is 5.05. The van der Waals surface area contributed by atoms with E-state index in [9.17, 15) is 0 Å². The SMILES string of the molecule is CC.CC1CCCCC(C)N1. The molecule has 1 rings (SSSR count). The van der Waals surface area contributed by atoms with Crippen LogP contribution in [0.25, 0.3) is 0 Å². The molecular formula is C10H23N. The summed E-state index contributed by atoms with van der Waals surface area (Å²) in [7, 11) is 0. The molecule has 1 heterocycles. The van der Waals surface area contributed by atoms with Gasteiger partial charge < -0.3 is 5.32 Å². The van der Waals surface area contributed by atoms with Crippen molar-refractivity contribution in [1.29, 1.82) is 0 Å². The maximum absolute atomic E-state index is 3.54. The highest BCUT2D eigenvalue weighted by molar-refractivity contribution is 4.71. The van der Waals surface area contributed by atoms with Crippen molar-refractivity contribution >= 4 is 0 Å². The van der Waals surface area contributed by atoms with Crippen LogP contribution >= 0.6 is 0 Å². The predicted octanol–water partition coefficient (Wildman–Crippen LogP) is 2.95. The molecule has 0 spiro atoms. The van der Waals surface area contributed by atoms with Gasteiger partial charge in [0, 0.05) is 12.1 Å². The smallest absolute Gasteiger partial charge is 0.00412 e. The summed E-state index contributed by atoms with van der Waals surface area (Å²) < 4.78 is 0. The summed E-state index contributed by atoms with van der Waals surface area (Å²) in [6, 6.07) is 1.50. The van der Waals surface area contributed by atoms with Crippen LogP contribution in [0, 0.1) is 0 Å². The van der Waals surface area contributed by atoms with E-state index >= 15 is 0 Å². The van der Waals surface area contributed by atoms with Crippen molar-refractivity contribution in [2.45, 2.75) is 65.5 Å². The lowest BCUT2D eigenvalue weighted by Gasteiger charge is -2.13. The fourth-order valence-electron chi connectivity index (χ4n) is 1.55. The van der Waals surface area contributed by atoms with Crippen LogP contribution in [0.2, 0.25) is 0 Å². The van der Waals surface area contributed by atoms with Crippen LogP contribution in [0.15, 0.2) is 0 Å². The minimum absolute atomic E-state index is 0.752. The van der Waals surface area contributed by atoms with Crippen LogP contribution in [-0.4, -0.2) is 12.1 Å². The Kier molecular flexibility index (Phi) is 6.63. The number of hydrogen-bond donors (Lipinski definition) is 1. The Balaban J connectivity index is 0.000000461. The highest BCUT2D eigenvalue weighted by Gasteiger charge is 2.10. The maximum Gasteiger partial charge on any atom is 0.00412 e. The van der Waals surface area contributed by atoms with Crippen molar-refractivity contribution in [2.75, 3.05) is 0 Å². The minimum Gasteiger partial charge on any atom is -0.312 e. The zero-order valence-electron chi connectivity index (χ0n) is 8.48. The summed E-state index contributed by atoms with van der Waals surface area (Å²) in [6.45, 7) is 8.56. The highest BCUT2D eigenvalue weighted by atomic mass is 14.9. The second-order valence-electron chi connectivity index (χ2n) is 3.25. The molecule has 0 radical (unpaired) electrons. The lowest BCUT2D eigenvalue weighted by molar-refractivity contribution is 0.475. The molecule has 2 unspecified atom stereocenters. The molecule has 1 heteroatoms. The second kappa shape index (κ2) is 6.66. The Morgan fingerprint density at radius 1 is 0.909 bits per heavy atom. The van der Waals surface area contributed by atoms with E-state index in [-0.39, 0.29) is 0 Å². The second-order valence-corrected chi connectivity index (χ2v) is 3.25. The highest BCUT2D eigenvalue weighted by Crippen LogP contribution is 2.11. The van der Waals surface area contributed by atoms with Gasteiger partial charge in [-0.2, -0.15) is 0 Å². The molecule has 1 N–H and O–H groups in total. The van der Waals surface area contributed by atoms with Crippen LogP contribution < -0.4 is 5.32 Å². The normalized spacial score (nSPS) is 31.6. The molecule has 0 amide bonds. The first-order valence-electron chi connectivity index (χ1n) is 5.05. The molecule has 0 aromatic heterocycles. The molecule has 2 atom stereocenters. The minimum atomic E-state index is 0.752. The first kappa shape index (κ1) is 11.0. The molecule has 0 saturated carbocycles. The molecule has 1 aliphatic heterocycles. The molecule has 1 fully saturated rings. The summed E-state index contributed by atoms with van der Waals surface area (Å²) in [5.41, 5.74) is 0. The number of hydrogen-bond acceptors (Lipinski definition) is 1. The van der Waals surface area contributed by atoms with Crippen molar-refractivity contribution in [3.63, 3.8) is 0 Å².